The molecule has 1 heterocycles. The summed E-state index contributed by atoms with van der Waals surface area (Å²) in [5.41, 5.74) is 9.05. The average molecular weight is 730 g/mol. The number of aromatic nitrogens is 2. The predicted molar refractivity (Wildman–Crippen MR) is 167 cm³/mol. The van der Waals surface area contributed by atoms with Crippen molar-refractivity contribution >= 4 is 0 Å². The minimum Gasteiger partial charge on any atom is -0.392 e. The van der Waals surface area contributed by atoms with Crippen LogP contribution in [0.15, 0.2) is 72.9 Å². The van der Waals surface area contributed by atoms with Gasteiger partial charge in [0.15, 0.2) is 0 Å². The Hall–Kier alpha value is -2.69. The summed E-state index contributed by atoms with van der Waals surface area (Å²) in [5.74, 6) is 0. The number of aryl methyl sites for hydroxylation is 3. The Bertz CT molecular complexity index is 1350. The molecule has 0 aliphatic rings. The first-order valence-corrected chi connectivity index (χ1v) is 14.0. The molecule has 3 aromatic carbocycles. The van der Waals surface area contributed by atoms with Crippen LogP contribution in [-0.2, 0) is 20.1 Å². The van der Waals surface area contributed by atoms with Gasteiger partial charge in [0.25, 0.3) is 0 Å². The number of nitrogens with zero attached hydrogens (tertiary/aromatic N) is 2. The predicted octanol–water partition coefficient (Wildman–Crippen LogP) is 8.39. The molecular formula is C36H45IrN2O2-. The first-order valence-electron chi connectivity index (χ1n) is 14.0. The molecule has 0 fully saturated rings. The fourth-order valence-corrected chi connectivity index (χ4v) is 3.93. The van der Waals surface area contributed by atoms with Gasteiger partial charge in [0.2, 0.25) is 0 Å². The van der Waals surface area contributed by atoms with E-state index in [9.17, 15) is 10.2 Å². The standard InChI is InChI=1S/C25H21N2.C11H24O2.Ir/c1-17-4-10-20(11-5-17)23-16-26-24(21-12-6-18(2)7-13-21)25(27-23)22-14-8-19(3)9-15-22;1-10(2,3)8(12)7-9(13)11(4,5)6;/h4-12,14-16H,1-3H3;8-9,12-13H,7H2,1-6H3;/q-1;;. The summed E-state index contributed by atoms with van der Waals surface area (Å²) in [6.07, 6.45) is 1.42. The summed E-state index contributed by atoms with van der Waals surface area (Å²) in [5, 5.41) is 19.5. The average Bonchev–Trinajstić information content (AvgIpc) is 2.89. The normalized spacial score (nSPS) is 13.0. The zero-order chi connectivity index (χ0) is 29.7. The van der Waals surface area contributed by atoms with Gasteiger partial charge < -0.3 is 15.2 Å². The fraction of sp³-hybridized carbons (Fsp3) is 0.389. The Labute approximate surface area is 260 Å². The number of benzene rings is 3. The molecule has 0 bridgehead atoms. The molecule has 0 amide bonds. The van der Waals surface area contributed by atoms with Crippen LogP contribution < -0.4 is 0 Å². The Morgan fingerprint density at radius 1 is 0.659 bits per heavy atom. The van der Waals surface area contributed by atoms with Crippen molar-refractivity contribution in [3.05, 3.63) is 95.7 Å². The third-order valence-corrected chi connectivity index (χ3v) is 7.11. The minimum atomic E-state index is -0.443. The summed E-state index contributed by atoms with van der Waals surface area (Å²) in [4.78, 5) is 9.77. The van der Waals surface area contributed by atoms with Crippen LogP contribution in [0.3, 0.4) is 0 Å². The van der Waals surface area contributed by atoms with Crippen molar-refractivity contribution in [3.63, 3.8) is 0 Å². The summed E-state index contributed by atoms with van der Waals surface area (Å²) >= 11 is 0. The van der Waals surface area contributed by atoms with Crippen molar-refractivity contribution in [1.29, 1.82) is 0 Å². The van der Waals surface area contributed by atoms with Crippen LogP contribution in [0.1, 0.15) is 64.7 Å². The Balaban J connectivity index is 0.000000360. The molecule has 2 unspecified atom stereocenters. The molecule has 0 saturated heterocycles. The summed E-state index contributed by atoms with van der Waals surface area (Å²) < 4.78 is 0. The molecule has 1 aromatic heterocycles. The van der Waals surface area contributed by atoms with Gasteiger partial charge in [-0.2, -0.15) is 0 Å². The van der Waals surface area contributed by atoms with E-state index in [0.717, 1.165) is 33.8 Å². The molecule has 4 nitrogen and oxygen atoms in total. The molecule has 0 aliphatic heterocycles. The third kappa shape index (κ3) is 9.97. The van der Waals surface area contributed by atoms with E-state index in [1.807, 2.05) is 53.8 Å². The Morgan fingerprint density at radius 2 is 1.12 bits per heavy atom. The van der Waals surface area contributed by atoms with E-state index in [0.29, 0.717) is 6.42 Å². The molecule has 2 N–H and O–H groups in total. The second kappa shape index (κ2) is 14.5. The number of aliphatic hydroxyl groups excluding tert-OH is 2. The molecule has 4 rings (SSSR count). The van der Waals surface area contributed by atoms with E-state index in [1.165, 1.54) is 16.7 Å². The Morgan fingerprint density at radius 3 is 1.56 bits per heavy atom. The van der Waals surface area contributed by atoms with Crippen LogP contribution in [0.4, 0.5) is 0 Å². The second-order valence-electron chi connectivity index (χ2n) is 13.0. The van der Waals surface area contributed by atoms with E-state index in [2.05, 4.69) is 87.5 Å². The van der Waals surface area contributed by atoms with Crippen LogP contribution in [0.2, 0.25) is 0 Å². The van der Waals surface area contributed by atoms with Crippen molar-refractivity contribution in [1.82, 2.24) is 9.97 Å². The maximum Gasteiger partial charge on any atom is 0.0873 e. The van der Waals surface area contributed by atoms with Crippen molar-refractivity contribution in [2.24, 2.45) is 10.8 Å². The van der Waals surface area contributed by atoms with Crippen molar-refractivity contribution in [2.75, 3.05) is 0 Å². The van der Waals surface area contributed by atoms with Crippen molar-refractivity contribution in [2.45, 2.75) is 80.9 Å². The van der Waals surface area contributed by atoms with E-state index >= 15 is 0 Å². The van der Waals surface area contributed by atoms with E-state index < -0.39 is 12.2 Å². The molecule has 4 aromatic rings. The summed E-state index contributed by atoms with van der Waals surface area (Å²) in [6, 6.07) is 26.3. The number of hydrogen-bond donors (Lipinski definition) is 2. The van der Waals surface area contributed by atoms with E-state index in [1.54, 1.807) is 0 Å². The third-order valence-electron chi connectivity index (χ3n) is 7.11. The van der Waals surface area contributed by atoms with Gasteiger partial charge in [0.1, 0.15) is 0 Å². The first kappa shape index (κ1) is 34.5. The zero-order valence-corrected chi connectivity index (χ0v) is 28.3. The van der Waals surface area contributed by atoms with Crippen LogP contribution >= 0.6 is 0 Å². The molecule has 1 radical (unpaired) electrons. The van der Waals surface area contributed by atoms with Crippen LogP contribution in [0.25, 0.3) is 33.8 Å². The van der Waals surface area contributed by atoms with Gasteiger partial charge in [-0.15, -0.1) is 35.4 Å². The van der Waals surface area contributed by atoms with Gasteiger partial charge in [0.05, 0.1) is 23.6 Å². The number of hydrogen-bond acceptors (Lipinski definition) is 4. The topological polar surface area (TPSA) is 66.2 Å². The summed E-state index contributed by atoms with van der Waals surface area (Å²) in [6.45, 7) is 18.1. The monoisotopic (exact) mass is 730 g/mol. The molecule has 5 heteroatoms. The Kier molecular flexibility index (Phi) is 12.2. The SMILES string of the molecule is CC(C)(C)C(O)CC(O)C(C)(C)C.Cc1c[c-]c(-c2ncc(-c3ccc(C)cc3)nc2-c2ccc(C)cc2)cc1.[Ir]. The van der Waals surface area contributed by atoms with Gasteiger partial charge in [-0.25, -0.2) is 0 Å². The molecule has 0 aliphatic carbocycles. The van der Waals surface area contributed by atoms with Gasteiger partial charge in [-0.05, 0) is 30.2 Å². The largest absolute Gasteiger partial charge is 0.392 e. The molecule has 0 spiro atoms. The fourth-order valence-electron chi connectivity index (χ4n) is 3.93. The smallest absolute Gasteiger partial charge is 0.0873 e. The summed E-state index contributed by atoms with van der Waals surface area (Å²) in [7, 11) is 0. The minimum absolute atomic E-state index is 0. The molecule has 41 heavy (non-hydrogen) atoms. The zero-order valence-electron chi connectivity index (χ0n) is 25.9. The van der Waals surface area contributed by atoms with Gasteiger partial charge in [0, 0.05) is 44.0 Å². The quantitative estimate of drug-likeness (QED) is 0.203. The van der Waals surface area contributed by atoms with Crippen LogP contribution in [0.5, 0.6) is 0 Å². The number of rotatable bonds is 5. The van der Waals surface area contributed by atoms with Gasteiger partial charge in [-0.3, -0.25) is 4.98 Å². The van der Waals surface area contributed by atoms with Crippen molar-refractivity contribution in [3.8, 4) is 33.8 Å². The maximum atomic E-state index is 9.76. The first-order chi connectivity index (χ1) is 18.6. The van der Waals surface area contributed by atoms with Crippen LogP contribution in [-0.4, -0.2) is 32.4 Å². The van der Waals surface area contributed by atoms with Gasteiger partial charge in [-0.1, -0.05) is 108 Å². The maximum absolute atomic E-state index is 9.76. The van der Waals surface area contributed by atoms with E-state index in [4.69, 9.17) is 9.97 Å². The van der Waals surface area contributed by atoms with E-state index in [-0.39, 0.29) is 30.9 Å². The molecule has 2 atom stereocenters. The van der Waals surface area contributed by atoms with Crippen LogP contribution in [0, 0.1) is 37.7 Å². The molecule has 0 saturated carbocycles. The second-order valence-corrected chi connectivity index (χ2v) is 13.0. The molecule has 221 valence electrons. The van der Waals surface area contributed by atoms with Crippen molar-refractivity contribution < 1.29 is 30.3 Å². The van der Waals surface area contributed by atoms with Gasteiger partial charge >= 0.3 is 0 Å². The molecular weight excluding hydrogens is 685 g/mol. The number of aliphatic hydroxyl groups is 2.